The van der Waals surface area contributed by atoms with Crippen LogP contribution in [0.3, 0.4) is 0 Å². The van der Waals surface area contributed by atoms with Gasteiger partial charge in [0, 0.05) is 9.37 Å². The van der Waals surface area contributed by atoms with Crippen LogP contribution in [0.4, 0.5) is 0 Å². The molecule has 0 bridgehead atoms. The molecule has 0 unspecified atom stereocenters. The number of hydrogen-bond donors (Lipinski definition) is 3. The van der Waals surface area contributed by atoms with Gasteiger partial charge in [0.15, 0.2) is 0 Å². The molecule has 0 spiro atoms. The molecule has 5 nitrogen and oxygen atoms in total. The lowest BCUT2D eigenvalue weighted by atomic mass is 10.3. The maximum atomic E-state index is 11.4. The van der Waals surface area contributed by atoms with E-state index in [4.69, 9.17) is 10.2 Å². The quantitative estimate of drug-likeness (QED) is 0.679. The van der Waals surface area contributed by atoms with Gasteiger partial charge in [0.1, 0.15) is 6.04 Å². The largest absolute Gasteiger partial charge is 0.480 e. The minimum atomic E-state index is -1.25. The maximum absolute atomic E-state index is 11.4. The van der Waals surface area contributed by atoms with Crippen molar-refractivity contribution in [3.8, 4) is 0 Å². The van der Waals surface area contributed by atoms with E-state index in [1.54, 1.807) is 0 Å². The zero-order chi connectivity index (χ0) is 13.5. The third-order valence-electron chi connectivity index (χ3n) is 2.00. The molecule has 0 heterocycles. The Balaban J connectivity index is 2.41. The highest BCUT2D eigenvalue weighted by molar-refractivity contribution is 9.10. The molecule has 1 aromatic rings. The van der Waals surface area contributed by atoms with Crippen molar-refractivity contribution in [3.63, 3.8) is 0 Å². The first kappa shape index (κ1) is 15.0. The molecule has 0 aliphatic rings. The SMILES string of the molecule is O=C(CSc1ccc(Br)cc1)N[C@H](CO)C(=O)O. The molecule has 0 saturated heterocycles. The van der Waals surface area contributed by atoms with Gasteiger partial charge in [-0.1, -0.05) is 15.9 Å². The van der Waals surface area contributed by atoms with Gasteiger partial charge in [-0.05, 0) is 24.3 Å². The van der Waals surface area contributed by atoms with Crippen molar-refractivity contribution in [1.29, 1.82) is 0 Å². The molecule has 1 aromatic carbocycles. The van der Waals surface area contributed by atoms with Gasteiger partial charge < -0.3 is 15.5 Å². The molecule has 7 heteroatoms. The first-order chi connectivity index (χ1) is 8.52. The Bertz CT molecular complexity index is 424. The van der Waals surface area contributed by atoms with Crippen LogP contribution in [-0.4, -0.2) is 40.5 Å². The topological polar surface area (TPSA) is 86.6 Å². The number of aliphatic hydroxyl groups is 1. The summed E-state index contributed by atoms with van der Waals surface area (Å²) in [4.78, 5) is 22.9. The summed E-state index contributed by atoms with van der Waals surface area (Å²) in [5.41, 5.74) is 0. The summed E-state index contributed by atoms with van der Waals surface area (Å²) in [6, 6.07) is 6.16. The highest BCUT2D eigenvalue weighted by Gasteiger charge is 2.18. The predicted octanol–water partition coefficient (Wildman–Crippen LogP) is 1.10. The molecular weight excluding hydrogens is 322 g/mol. The number of amides is 1. The monoisotopic (exact) mass is 333 g/mol. The lowest BCUT2D eigenvalue weighted by Crippen LogP contribution is -2.44. The van der Waals surface area contributed by atoms with Crippen LogP contribution in [0.15, 0.2) is 33.6 Å². The number of carbonyl (C=O) groups is 2. The summed E-state index contributed by atoms with van der Waals surface area (Å²) in [5.74, 6) is -1.57. The van der Waals surface area contributed by atoms with Crippen LogP contribution in [0.1, 0.15) is 0 Å². The summed E-state index contributed by atoms with van der Waals surface area (Å²) in [6.45, 7) is -0.621. The summed E-state index contributed by atoms with van der Waals surface area (Å²) >= 11 is 4.60. The second-order valence-electron chi connectivity index (χ2n) is 3.38. The van der Waals surface area contributed by atoms with Crippen molar-refractivity contribution in [1.82, 2.24) is 5.32 Å². The van der Waals surface area contributed by atoms with E-state index >= 15 is 0 Å². The fraction of sp³-hybridized carbons (Fsp3) is 0.273. The van der Waals surface area contributed by atoms with Gasteiger partial charge in [0.25, 0.3) is 0 Å². The third kappa shape index (κ3) is 5.07. The van der Waals surface area contributed by atoms with Crippen LogP contribution in [-0.2, 0) is 9.59 Å². The number of carboxylic acid groups (broad SMARTS) is 1. The Morgan fingerprint density at radius 2 is 1.94 bits per heavy atom. The molecule has 98 valence electrons. The fourth-order valence-electron chi connectivity index (χ4n) is 1.10. The van der Waals surface area contributed by atoms with Crippen LogP contribution in [0.2, 0.25) is 0 Å². The first-order valence-corrected chi connectivity index (χ1v) is 6.82. The van der Waals surface area contributed by atoms with Gasteiger partial charge in [-0.15, -0.1) is 11.8 Å². The number of carbonyl (C=O) groups excluding carboxylic acids is 1. The van der Waals surface area contributed by atoms with Crippen molar-refractivity contribution >= 4 is 39.6 Å². The number of nitrogens with one attached hydrogen (secondary N) is 1. The third-order valence-corrected chi connectivity index (χ3v) is 3.54. The van der Waals surface area contributed by atoms with Gasteiger partial charge in [-0.2, -0.15) is 0 Å². The molecule has 0 saturated carbocycles. The number of aliphatic hydroxyl groups excluding tert-OH is 1. The molecule has 1 amide bonds. The van der Waals surface area contributed by atoms with E-state index in [0.717, 1.165) is 9.37 Å². The summed E-state index contributed by atoms with van der Waals surface area (Å²) in [6.07, 6.45) is 0. The number of aliphatic carboxylic acids is 1. The van der Waals surface area contributed by atoms with E-state index in [0.29, 0.717) is 0 Å². The summed E-state index contributed by atoms with van der Waals surface area (Å²) in [7, 11) is 0. The Hall–Kier alpha value is -1.05. The normalized spacial score (nSPS) is 11.9. The Morgan fingerprint density at radius 3 is 2.44 bits per heavy atom. The van der Waals surface area contributed by atoms with E-state index in [1.165, 1.54) is 11.8 Å². The van der Waals surface area contributed by atoms with Crippen molar-refractivity contribution in [2.75, 3.05) is 12.4 Å². The number of thioether (sulfide) groups is 1. The first-order valence-electron chi connectivity index (χ1n) is 5.04. The molecule has 0 radical (unpaired) electrons. The zero-order valence-corrected chi connectivity index (χ0v) is 11.7. The second kappa shape index (κ2) is 7.40. The molecule has 0 aromatic heterocycles. The molecule has 3 N–H and O–H groups in total. The fourth-order valence-corrected chi connectivity index (χ4v) is 2.08. The standard InChI is InChI=1S/C11H12BrNO4S/c12-7-1-3-8(4-2-7)18-6-10(15)13-9(5-14)11(16)17/h1-4,9,14H,5-6H2,(H,13,15)(H,16,17)/t9-/m1/s1. The molecule has 18 heavy (non-hydrogen) atoms. The van der Waals surface area contributed by atoms with Gasteiger partial charge in [-0.25, -0.2) is 4.79 Å². The molecular formula is C11H12BrNO4S. The number of rotatable bonds is 6. The van der Waals surface area contributed by atoms with Crippen molar-refractivity contribution < 1.29 is 19.8 Å². The highest BCUT2D eigenvalue weighted by atomic mass is 79.9. The van der Waals surface area contributed by atoms with Crippen LogP contribution < -0.4 is 5.32 Å². The number of hydrogen-bond acceptors (Lipinski definition) is 4. The van der Waals surface area contributed by atoms with E-state index in [9.17, 15) is 9.59 Å². The van der Waals surface area contributed by atoms with Gasteiger partial charge in [-0.3, -0.25) is 4.79 Å². The lowest BCUT2D eigenvalue weighted by Gasteiger charge is -2.11. The number of halogens is 1. The van der Waals surface area contributed by atoms with Crippen LogP contribution in [0.25, 0.3) is 0 Å². The summed E-state index contributed by atoms with van der Waals surface area (Å²) < 4.78 is 0.947. The highest BCUT2D eigenvalue weighted by Crippen LogP contribution is 2.20. The Kier molecular flexibility index (Phi) is 6.17. The molecule has 0 aliphatic carbocycles. The van der Waals surface area contributed by atoms with E-state index in [1.807, 2.05) is 24.3 Å². The minimum absolute atomic E-state index is 0.103. The smallest absolute Gasteiger partial charge is 0.328 e. The number of carboxylic acids is 1. The minimum Gasteiger partial charge on any atom is -0.480 e. The average Bonchev–Trinajstić information content (AvgIpc) is 2.35. The molecule has 0 fully saturated rings. The van der Waals surface area contributed by atoms with E-state index in [-0.39, 0.29) is 5.75 Å². The number of benzene rings is 1. The average molecular weight is 334 g/mol. The molecule has 1 rings (SSSR count). The predicted molar refractivity (Wildman–Crippen MR) is 71.5 cm³/mol. The van der Waals surface area contributed by atoms with Crippen molar-refractivity contribution in [2.45, 2.75) is 10.9 Å². The molecule has 1 atom stereocenters. The maximum Gasteiger partial charge on any atom is 0.328 e. The van der Waals surface area contributed by atoms with E-state index in [2.05, 4.69) is 21.2 Å². The Morgan fingerprint density at radius 1 is 1.33 bits per heavy atom. The van der Waals surface area contributed by atoms with Gasteiger partial charge >= 0.3 is 5.97 Å². The lowest BCUT2D eigenvalue weighted by molar-refractivity contribution is -0.142. The summed E-state index contributed by atoms with van der Waals surface area (Å²) in [5, 5.41) is 19.6. The second-order valence-corrected chi connectivity index (χ2v) is 5.35. The van der Waals surface area contributed by atoms with E-state index < -0.39 is 24.5 Å². The zero-order valence-electron chi connectivity index (χ0n) is 9.30. The van der Waals surface area contributed by atoms with Gasteiger partial charge in [0.05, 0.1) is 12.4 Å². The molecule has 0 aliphatic heterocycles. The Labute approximate surface area is 117 Å². The van der Waals surface area contributed by atoms with Crippen LogP contribution >= 0.6 is 27.7 Å². The van der Waals surface area contributed by atoms with Crippen LogP contribution in [0.5, 0.6) is 0 Å². The van der Waals surface area contributed by atoms with Crippen molar-refractivity contribution in [3.05, 3.63) is 28.7 Å². The van der Waals surface area contributed by atoms with Crippen molar-refractivity contribution in [2.24, 2.45) is 0 Å². The van der Waals surface area contributed by atoms with Crippen LogP contribution in [0, 0.1) is 0 Å². The van der Waals surface area contributed by atoms with Gasteiger partial charge in [0.2, 0.25) is 5.91 Å².